The van der Waals surface area contributed by atoms with E-state index in [4.69, 9.17) is 5.73 Å². The van der Waals surface area contributed by atoms with Gasteiger partial charge in [0.2, 0.25) is 0 Å². The van der Waals surface area contributed by atoms with Crippen molar-refractivity contribution in [3.05, 3.63) is 78.1 Å². The van der Waals surface area contributed by atoms with Crippen LogP contribution in [0.15, 0.2) is 66.9 Å². The van der Waals surface area contributed by atoms with Gasteiger partial charge in [-0.05, 0) is 5.56 Å². The molecule has 0 fully saturated rings. The summed E-state index contributed by atoms with van der Waals surface area (Å²) >= 11 is 0. The van der Waals surface area contributed by atoms with Crippen LogP contribution >= 0.6 is 0 Å². The number of benzene rings is 2. The van der Waals surface area contributed by atoms with Crippen molar-refractivity contribution in [2.45, 2.75) is 6.54 Å². The number of amides is 1. The second kappa shape index (κ2) is 6.70. The van der Waals surface area contributed by atoms with Gasteiger partial charge in [-0.3, -0.25) is 4.79 Å². The number of aromatic nitrogens is 2. The molecule has 0 spiro atoms. The van der Waals surface area contributed by atoms with E-state index < -0.39 is 5.91 Å². The molecule has 0 aliphatic carbocycles. The highest BCUT2D eigenvalue weighted by atomic mass is 16.1. The number of nitrogens with two attached hydrogens (primary N) is 1. The highest BCUT2D eigenvalue weighted by Crippen LogP contribution is 2.19. The van der Waals surface area contributed by atoms with Crippen LogP contribution in [0.3, 0.4) is 0 Å². The summed E-state index contributed by atoms with van der Waals surface area (Å²) in [6.45, 7) is 0.542. The van der Waals surface area contributed by atoms with E-state index in [1.54, 1.807) is 6.20 Å². The second-order valence-electron chi connectivity index (χ2n) is 5.02. The zero-order valence-corrected chi connectivity index (χ0v) is 12.4. The van der Waals surface area contributed by atoms with Crippen molar-refractivity contribution in [1.82, 2.24) is 9.97 Å². The fourth-order valence-electron chi connectivity index (χ4n) is 2.22. The molecule has 0 atom stereocenters. The van der Waals surface area contributed by atoms with Crippen LogP contribution in [0.25, 0.3) is 11.3 Å². The van der Waals surface area contributed by atoms with Crippen LogP contribution < -0.4 is 11.1 Å². The van der Waals surface area contributed by atoms with Crippen LogP contribution in [-0.4, -0.2) is 15.9 Å². The number of primary amides is 1. The van der Waals surface area contributed by atoms with Crippen molar-refractivity contribution in [3.63, 3.8) is 0 Å². The fourth-order valence-corrected chi connectivity index (χ4v) is 2.22. The van der Waals surface area contributed by atoms with Gasteiger partial charge in [-0.2, -0.15) is 0 Å². The van der Waals surface area contributed by atoms with Gasteiger partial charge in [0.25, 0.3) is 5.91 Å². The maximum Gasteiger partial charge on any atom is 0.271 e. The van der Waals surface area contributed by atoms with Crippen molar-refractivity contribution in [2.75, 3.05) is 5.32 Å². The van der Waals surface area contributed by atoms with Gasteiger partial charge in [0.15, 0.2) is 11.5 Å². The van der Waals surface area contributed by atoms with E-state index in [0.29, 0.717) is 18.1 Å². The molecule has 0 aliphatic rings. The average Bonchev–Trinajstić information content (AvgIpc) is 2.61. The number of rotatable bonds is 5. The summed E-state index contributed by atoms with van der Waals surface area (Å²) in [5, 5.41) is 3.12. The topological polar surface area (TPSA) is 80.9 Å². The molecule has 3 N–H and O–H groups in total. The molecule has 0 unspecified atom stereocenters. The molecule has 0 saturated heterocycles. The van der Waals surface area contributed by atoms with E-state index in [-0.39, 0.29) is 5.69 Å². The summed E-state index contributed by atoms with van der Waals surface area (Å²) in [6.07, 6.45) is 1.63. The molecule has 0 radical (unpaired) electrons. The minimum absolute atomic E-state index is 0.141. The number of anilines is 1. The normalized spacial score (nSPS) is 10.3. The Labute approximate surface area is 134 Å². The van der Waals surface area contributed by atoms with Crippen molar-refractivity contribution in [2.24, 2.45) is 5.73 Å². The van der Waals surface area contributed by atoms with Gasteiger partial charge in [0.05, 0.1) is 11.9 Å². The first-order valence-corrected chi connectivity index (χ1v) is 7.24. The lowest BCUT2D eigenvalue weighted by molar-refractivity contribution is 0.0996. The SMILES string of the molecule is NC(=O)c1nc(-c2ccccc2)cnc1NCc1ccccc1. The second-order valence-corrected chi connectivity index (χ2v) is 5.02. The molecule has 0 saturated carbocycles. The number of hydrogen-bond donors (Lipinski definition) is 2. The lowest BCUT2D eigenvalue weighted by Crippen LogP contribution is -2.18. The predicted octanol–water partition coefficient (Wildman–Crippen LogP) is 2.85. The van der Waals surface area contributed by atoms with Gasteiger partial charge in [0, 0.05) is 12.1 Å². The molecule has 3 rings (SSSR count). The lowest BCUT2D eigenvalue weighted by atomic mass is 10.1. The van der Waals surface area contributed by atoms with E-state index >= 15 is 0 Å². The van der Waals surface area contributed by atoms with Crippen LogP contribution in [0.1, 0.15) is 16.1 Å². The molecule has 0 aliphatic heterocycles. The fraction of sp³-hybridized carbons (Fsp3) is 0.0556. The third-order valence-corrected chi connectivity index (χ3v) is 3.38. The number of nitrogens with zero attached hydrogens (tertiary/aromatic N) is 2. The maximum absolute atomic E-state index is 11.7. The van der Waals surface area contributed by atoms with Crippen LogP contribution in [0.5, 0.6) is 0 Å². The molecular formula is C18H16N4O. The first-order valence-electron chi connectivity index (χ1n) is 7.24. The van der Waals surface area contributed by atoms with Crippen molar-refractivity contribution >= 4 is 11.7 Å². The van der Waals surface area contributed by atoms with Gasteiger partial charge < -0.3 is 11.1 Å². The Morgan fingerprint density at radius 1 is 1.00 bits per heavy atom. The Hall–Kier alpha value is -3.21. The van der Waals surface area contributed by atoms with Crippen LogP contribution in [0, 0.1) is 0 Å². The largest absolute Gasteiger partial charge is 0.364 e. The molecular weight excluding hydrogens is 288 g/mol. The Morgan fingerprint density at radius 2 is 1.65 bits per heavy atom. The van der Waals surface area contributed by atoms with Gasteiger partial charge in [-0.1, -0.05) is 60.7 Å². The summed E-state index contributed by atoms with van der Waals surface area (Å²) in [5.41, 5.74) is 8.17. The van der Waals surface area contributed by atoms with E-state index in [1.165, 1.54) is 0 Å². The highest BCUT2D eigenvalue weighted by Gasteiger charge is 2.13. The first-order chi connectivity index (χ1) is 11.2. The van der Waals surface area contributed by atoms with E-state index in [2.05, 4.69) is 15.3 Å². The van der Waals surface area contributed by atoms with Crippen LogP contribution in [0.2, 0.25) is 0 Å². The highest BCUT2D eigenvalue weighted by molar-refractivity contribution is 5.96. The zero-order chi connectivity index (χ0) is 16.1. The van der Waals surface area contributed by atoms with Gasteiger partial charge in [-0.15, -0.1) is 0 Å². The number of carbonyl (C=O) groups excluding carboxylic acids is 1. The molecule has 5 heteroatoms. The predicted molar refractivity (Wildman–Crippen MR) is 89.8 cm³/mol. The summed E-state index contributed by atoms with van der Waals surface area (Å²) in [6, 6.07) is 19.4. The molecule has 0 bridgehead atoms. The molecule has 1 heterocycles. The Morgan fingerprint density at radius 3 is 2.30 bits per heavy atom. The van der Waals surface area contributed by atoms with Gasteiger partial charge >= 0.3 is 0 Å². The van der Waals surface area contributed by atoms with Gasteiger partial charge in [-0.25, -0.2) is 9.97 Å². The van der Waals surface area contributed by atoms with E-state index in [0.717, 1.165) is 11.1 Å². The molecule has 1 amide bonds. The average molecular weight is 304 g/mol. The van der Waals surface area contributed by atoms with Crippen molar-refractivity contribution in [3.8, 4) is 11.3 Å². The summed E-state index contributed by atoms with van der Waals surface area (Å²) in [5.74, 6) is -0.216. The molecule has 3 aromatic rings. The zero-order valence-electron chi connectivity index (χ0n) is 12.4. The summed E-state index contributed by atoms with van der Waals surface area (Å²) in [4.78, 5) is 20.4. The Balaban J connectivity index is 1.87. The van der Waals surface area contributed by atoms with Crippen molar-refractivity contribution in [1.29, 1.82) is 0 Å². The molecule has 2 aromatic carbocycles. The number of carbonyl (C=O) groups is 1. The number of hydrogen-bond acceptors (Lipinski definition) is 4. The third kappa shape index (κ3) is 3.52. The lowest BCUT2D eigenvalue weighted by Gasteiger charge is -2.10. The van der Waals surface area contributed by atoms with Gasteiger partial charge in [0.1, 0.15) is 0 Å². The minimum atomic E-state index is -0.606. The smallest absolute Gasteiger partial charge is 0.271 e. The molecule has 23 heavy (non-hydrogen) atoms. The van der Waals surface area contributed by atoms with Crippen molar-refractivity contribution < 1.29 is 4.79 Å². The quantitative estimate of drug-likeness (QED) is 0.759. The molecule has 114 valence electrons. The van der Waals surface area contributed by atoms with Crippen LogP contribution in [-0.2, 0) is 6.54 Å². The van der Waals surface area contributed by atoms with E-state index in [9.17, 15) is 4.79 Å². The molecule has 5 nitrogen and oxygen atoms in total. The standard InChI is InChI=1S/C18H16N4O/c19-17(23)16-18(20-11-13-7-3-1-4-8-13)21-12-15(22-16)14-9-5-2-6-10-14/h1-10,12H,11H2,(H2,19,23)(H,20,21). The third-order valence-electron chi connectivity index (χ3n) is 3.38. The van der Waals surface area contributed by atoms with E-state index in [1.807, 2.05) is 60.7 Å². The van der Waals surface area contributed by atoms with Crippen LogP contribution in [0.4, 0.5) is 5.82 Å². The minimum Gasteiger partial charge on any atom is -0.364 e. The first kappa shape index (κ1) is 14.7. The summed E-state index contributed by atoms with van der Waals surface area (Å²) in [7, 11) is 0. The maximum atomic E-state index is 11.7. The summed E-state index contributed by atoms with van der Waals surface area (Å²) < 4.78 is 0. The molecule has 1 aromatic heterocycles. The Bertz CT molecular complexity index is 804. The Kier molecular flexibility index (Phi) is 4.29. The monoisotopic (exact) mass is 304 g/mol. The number of nitrogens with one attached hydrogen (secondary N) is 1.